The van der Waals surface area contributed by atoms with Crippen molar-refractivity contribution in [1.82, 2.24) is 4.98 Å². The molecule has 2 heterocycles. The molecule has 9 heteroatoms. The Labute approximate surface area is 177 Å². The number of carbonyl (C=O) groups excluding carboxylic acids is 1. The van der Waals surface area contributed by atoms with Gasteiger partial charge in [0.25, 0.3) is 0 Å². The topological polar surface area (TPSA) is 85.6 Å². The van der Waals surface area contributed by atoms with Crippen LogP contribution in [0.1, 0.15) is 14.8 Å². The molecule has 1 aliphatic heterocycles. The Morgan fingerprint density at radius 2 is 1.76 bits per heavy atom. The van der Waals surface area contributed by atoms with Crippen molar-refractivity contribution in [3.8, 4) is 11.3 Å². The molecule has 0 unspecified atom stereocenters. The summed E-state index contributed by atoms with van der Waals surface area (Å²) in [6, 6.07) is 12.9. The number of non-ortho nitro benzene ring substituents is 1. The number of rotatable bonds is 5. The minimum absolute atomic E-state index is 0.0457. The number of hydrogen-bond donors (Lipinski definition) is 0. The maximum absolute atomic E-state index is 13.3. The number of aromatic nitrogens is 1. The van der Waals surface area contributed by atoms with E-state index < -0.39 is 4.92 Å². The number of nitro groups is 1. The van der Waals surface area contributed by atoms with Gasteiger partial charge in [-0.15, -0.1) is 0 Å². The third kappa shape index (κ3) is 4.26. The molecule has 0 amide bonds. The number of nitrogens with zero attached hydrogens (tertiary/aromatic N) is 3. The average molecular weight is 477 g/mol. The molecule has 0 spiro atoms. The minimum atomic E-state index is -0.480. The number of ether oxygens (including phenoxy) is 1. The Hall–Kier alpha value is -2.51. The molecule has 29 heavy (non-hydrogen) atoms. The summed E-state index contributed by atoms with van der Waals surface area (Å²) in [6.07, 6.45) is 0. The molecule has 1 saturated heterocycles. The van der Waals surface area contributed by atoms with Crippen molar-refractivity contribution >= 4 is 42.3 Å². The third-order valence-corrected chi connectivity index (χ3v) is 7.15. The molecular formula is C20H16ClN3O4Se. The van der Waals surface area contributed by atoms with Crippen molar-refractivity contribution in [3.63, 3.8) is 0 Å². The molecule has 0 saturated carbocycles. The number of nitro benzene ring substituents is 1. The van der Waals surface area contributed by atoms with Gasteiger partial charge in [-0.2, -0.15) is 0 Å². The first-order chi connectivity index (χ1) is 14.0. The molecule has 0 radical (unpaired) electrons. The second kappa shape index (κ2) is 8.47. The van der Waals surface area contributed by atoms with E-state index in [1.165, 1.54) is 24.3 Å². The van der Waals surface area contributed by atoms with E-state index in [1.54, 1.807) is 12.1 Å². The SMILES string of the molecule is O=C(c1ccc([N+](=O)[O-])cc1)c1[se]c(N2CCOCC2)nc1-c1ccc(Cl)cc1. The van der Waals surface area contributed by atoms with E-state index in [2.05, 4.69) is 4.90 Å². The quantitative estimate of drug-likeness (QED) is 0.243. The summed E-state index contributed by atoms with van der Waals surface area (Å²) in [5.74, 6) is -0.156. The van der Waals surface area contributed by atoms with Gasteiger partial charge in [0.05, 0.1) is 0 Å². The molecule has 0 aliphatic carbocycles. The fourth-order valence-electron chi connectivity index (χ4n) is 3.02. The first-order valence-corrected chi connectivity index (χ1v) is 11.0. The van der Waals surface area contributed by atoms with Crippen LogP contribution >= 0.6 is 11.6 Å². The number of ketones is 1. The van der Waals surface area contributed by atoms with E-state index >= 15 is 0 Å². The average Bonchev–Trinajstić information content (AvgIpc) is 3.20. The number of hydrogen-bond acceptors (Lipinski definition) is 6. The molecule has 0 atom stereocenters. The molecule has 2 aromatic carbocycles. The second-order valence-corrected chi connectivity index (χ2v) is 8.90. The molecule has 4 rings (SSSR count). The van der Waals surface area contributed by atoms with Crippen LogP contribution in [-0.4, -0.2) is 56.5 Å². The zero-order valence-corrected chi connectivity index (χ0v) is 17.7. The summed E-state index contributed by atoms with van der Waals surface area (Å²) >= 11 is 5.74. The number of benzene rings is 2. The van der Waals surface area contributed by atoms with Gasteiger partial charge in [-0.05, 0) is 0 Å². The van der Waals surface area contributed by atoms with Crippen LogP contribution in [0.3, 0.4) is 0 Å². The summed E-state index contributed by atoms with van der Waals surface area (Å²) in [5.41, 5.74) is 1.84. The summed E-state index contributed by atoms with van der Waals surface area (Å²) in [4.78, 5) is 30.6. The predicted molar refractivity (Wildman–Crippen MR) is 111 cm³/mol. The first kappa shape index (κ1) is 19.8. The van der Waals surface area contributed by atoms with Gasteiger partial charge in [0.1, 0.15) is 0 Å². The second-order valence-electron chi connectivity index (χ2n) is 6.41. The van der Waals surface area contributed by atoms with Gasteiger partial charge in [-0.25, -0.2) is 0 Å². The molecule has 1 fully saturated rings. The molecule has 1 aromatic heterocycles. The van der Waals surface area contributed by atoms with Crippen molar-refractivity contribution in [2.45, 2.75) is 0 Å². The summed E-state index contributed by atoms with van der Waals surface area (Å²) < 4.78 is 6.95. The van der Waals surface area contributed by atoms with Gasteiger partial charge in [-0.3, -0.25) is 0 Å². The van der Waals surface area contributed by atoms with Crippen LogP contribution in [0.15, 0.2) is 48.5 Å². The van der Waals surface area contributed by atoms with Crippen molar-refractivity contribution in [2.75, 3.05) is 31.2 Å². The van der Waals surface area contributed by atoms with Crippen LogP contribution in [0.5, 0.6) is 0 Å². The predicted octanol–water partition coefficient (Wildman–Crippen LogP) is 3.43. The van der Waals surface area contributed by atoms with Crippen molar-refractivity contribution in [1.29, 1.82) is 0 Å². The molecule has 0 bridgehead atoms. The molecular weight excluding hydrogens is 461 g/mol. The van der Waals surface area contributed by atoms with Gasteiger partial charge in [0.2, 0.25) is 0 Å². The van der Waals surface area contributed by atoms with E-state index in [9.17, 15) is 14.9 Å². The Kier molecular flexibility index (Phi) is 5.78. The van der Waals surface area contributed by atoms with Crippen molar-refractivity contribution in [3.05, 3.63) is 73.7 Å². The maximum atomic E-state index is 13.3. The van der Waals surface area contributed by atoms with Crippen LogP contribution in [-0.2, 0) is 4.74 Å². The number of morpholine rings is 1. The van der Waals surface area contributed by atoms with E-state index in [1.807, 2.05) is 12.1 Å². The van der Waals surface area contributed by atoms with Crippen LogP contribution in [0.2, 0.25) is 5.02 Å². The zero-order valence-electron chi connectivity index (χ0n) is 15.2. The Balaban J connectivity index is 1.75. The normalized spacial score (nSPS) is 14.0. The first-order valence-electron chi connectivity index (χ1n) is 8.91. The van der Waals surface area contributed by atoms with Crippen LogP contribution in [0.25, 0.3) is 11.3 Å². The van der Waals surface area contributed by atoms with Gasteiger partial charge in [0.15, 0.2) is 0 Å². The van der Waals surface area contributed by atoms with Crippen molar-refractivity contribution in [2.24, 2.45) is 0 Å². The fraction of sp³-hybridized carbons (Fsp3) is 0.200. The van der Waals surface area contributed by atoms with Crippen LogP contribution in [0, 0.1) is 10.1 Å². The fourth-order valence-corrected chi connectivity index (χ4v) is 5.46. The van der Waals surface area contributed by atoms with Gasteiger partial charge in [0, 0.05) is 0 Å². The van der Waals surface area contributed by atoms with Crippen molar-refractivity contribution < 1.29 is 14.5 Å². The standard InChI is InChI=1S/C20H16ClN3O4Se/c21-15-5-1-13(2-6-15)17-19(29-20(22-17)23-9-11-28-12-10-23)18(25)14-3-7-16(8-4-14)24(26)27/h1-8H,9-12H2. The zero-order chi connectivity index (χ0) is 20.4. The number of halogens is 1. The number of carbonyl (C=O) groups is 1. The molecule has 7 nitrogen and oxygen atoms in total. The number of anilines is 1. The van der Waals surface area contributed by atoms with Crippen LogP contribution in [0.4, 0.5) is 10.4 Å². The van der Waals surface area contributed by atoms with E-state index in [0.29, 0.717) is 33.9 Å². The Bertz CT molecular complexity index is 1040. The molecule has 3 aromatic rings. The van der Waals surface area contributed by atoms with E-state index in [4.69, 9.17) is 21.3 Å². The van der Waals surface area contributed by atoms with Crippen LogP contribution < -0.4 is 4.90 Å². The van der Waals surface area contributed by atoms with Gasteiger partial charge in [-0.1, -0.05) is 0 Å². The molecule has 148 valence electrons. The summed E-state index contributed by atoms with van der Waals surface area (Å²) in [6.45, 7) is 2.76. The van der Waals surface area contributed by atoms with Gasteiger partial charge >= 0.3 is 178 Å². The molecule has 1 aliphatic rings. The Morgan fingerprint density at radius 1 is 1.10 bits per heavy atom. The summed E-state index contributed by atoms with van der Waals surface area (Å²) in [5, 5.41) is 11.5. The third-order valence-electron chi connectivity index (χ3n) is 4.56. The summed E-state index contributed by atoms with van der Waals surface area (Å²) in [7, 11) is 0. The van der Waals surface area contributed by atoms with E-state index in [0.717, 1.165) is 23.3 Å². The van der Waals surface area contributed by atoms with E-state index in [-0.39, 0.29) is 26.0 Å². The molecule has 0 N–H and O–H groups in total. The Morgan fingerprint density at radius 3 is 2.38 bits per heavy atom. The monoisotopic (exact) mass is 477 g/mol. The van der Waals surface area contributed by atoms with Gasteiger partial charge < -0.3 is 0 Å².